The maximum atomic E-state index is 12.0. The summed E-state index contributed by atoms with van der Waals surface area (Å²) in [5.74, 6) is 0.917. The second-order valence-corrected chi connectivity index (χ2v) is 7.46. The monoisotopic (exact) mass is 514 g/mol. The van der Waals surface area contributed by atoms with Crippen molar-refractivity contribution in [2.24, 2.45) is 4.99 Å². The Labute approximate surface area is 187 Å². The molecule has 2 heterocycles. The molecule has 0 aliphatic carbocycles. The maximum Gasteiger partial charge on any atom is 0.225 e. The Bertz CT molecular complexity index is 822. The van der Waals surface area contributed by atoms with E-state index in [0.717, 1.165) is 34.6 Å². The Morgan fingerprint density at radius 3 is 2.86 bits per heavy atom. The SMILES string of the molecule is CCNC(=NCc1csc(N(C)C)n1)NCC1CC(=O)Nc2ccccc21.I. The molecule has 1 amide bonds. The summed E-state index contributed by atoms with van der Waals surface area (Å²) >= 11 is 1.61. The average Bonchev–Trinajstić information content (AvgIpc) is 3.13. The van der Waals surface area contributed by atoms with E-state index < -0.39 is 0 Å². The number of hydrogen-bond acceptors (Lipinski definition) is 5. The van der Waals surface area contributed by atoms with Gasteiger partial charge in [0.2, 0.25) is 5.91 Å². The lowest BCUT2D eigenvalue weighted by atomic mass is 9.90. The van der Waals surface area contributed by atoms with Gasteiger partial charge in [-0.05, 0) is 18.6 Å². The number of halogens is 1. The van der Waals surface area contributed by atoms with Gasteiger partial charge in [0.25, 0.3) is 0 Å². The molecule has 0 radical (unpaired) electrons. The van der Waals surface area contributed by atoms with Crippen LogP contribution in [-0.2, 0) is 11.3 Å². The normalized spacial score (nSPS) is 15.9. The number of nitrogens with zero attached hydrogens (tertiary/aromatic N) is 3. The zero-order valence-corrected chi connectivity index (χ0v) is 19.5. The Morgan fingerprint density at radius 1 is 1.36 bits per heavy atom. The molecule has 1 unspecified atom stereocenters. The average molecular weight is 514 g/mol. The quantitative estimate of drug-likeness (QED) is 0.314. The van der Waals surface area contributed by atoms with Crippen LogP contribution < -0.4 is 20.9 Å². The van der Waals surface area contributed by atoms with Gasteiger partial charge in [0.05, 0.1) is 12.2 Å². The molecule has 7 nitrogen and oxygen atoms in total. The fourth-order valence-electron chi connectivity index (χ4n) is 2.98. The number of amides is 1. The van der Waals surface area contributed by atoms with E-state index in [1.165, 1.54) is 0 Å². The fraction of sp³-hybridized carbons (Fsp3) is 0.421. The molecule has 28 heavy (non-hydrogen) atoms. The second kappa shape index (κ2) is 10.6. The van der Waals surface area contributed by atoms with Crippen molar-refractivity contribution in [1.82, 2.24) is 15.6 Å². The minimum atomic E-state index is 0. The summed E-state index contributed by atoms with van der Waals surface area (Å²) in [6, 6.07) is 7.97. The van der Waals surface area contributed by atoms with E-state index in [-0.39, 0.29) is 35.8 Å². The molecule has 152 valence electrons. The van der Waals surface area contributed by atoms with Crippen LogP contribution in [0.25, 0.3) is 0 Å². The molecule has 1 aliphatic rings. The number of hydrogen-bond donors (Lipinski definition) is 3. The van der Waals surface area contributed by atoms with E-state index in [1.807, 2.05) is 49.5 Å². The minimum Gasteiger partial charge on any atom is -0.357 e. The lowest BCUT2D eigenvalue weighted by Gasteiger charge is -2.26. The highest BCUT2D eigenvalue weighted by molar-refractivity contribution is 14.0. The van der Waals surface area contributed by atoms with E-state index >= 15 is 0 Å². The molecule has 0 fully saturated rings. The first-order valence-electron chi connectivity index (χ1n) is 9.09. The van der Waals surface area contributed by atoms with Gasteiger partial charge in [-0.1, -0.05) is 18.2 Å². The second-order valence-electron chi connectivity index (χ2n) is 6.63. The van der Waals surface area contributed by atoms with Crippen molar-refractivity contribution >= 4 is 58.0 Å². The van der Waals surface area contributed by atoms with Crippen LogP contribution in [0.2, 0.25) is 0 Å². The Morgan fingerprint density at radius 2 is 2.14 bits per heavy atom. The van der Waals surface area contributed by atoms with E-state index in [0.29, 0.717) is 19.5 Å². The number of benzene rings is 1. The van der Waals surface area contributed by atoms with Gasteiger partial charge in [0.1, 0.15) is 0 Å². The lowest BCUT2D eigenvalue weighted by molar-refractivity contribution is -0.116. The van der Waals surface area contributed by atoms with Crippen LogP contribution in [0.4, 0.5) is 10.8 Å². The largest absolute Gasteiger partial charge is 0.357 e. The summed E-state index contributed by atoms with van der Waals surface area (Å²) in [6.07, 6.45) is 0.474. The first kappa shape index (κ1) is 22.4. The van der Waals surface area contributed by atoms with Crippen molar-refractivity contribution in [3.8, 4) is 0 Å². The van der Waals surface area contributed by atoms with Crippen LogP contribution in [0.15, 0.2) is 34.6 Å². The van der Waals surface area contributed by atoms with E-state index in [2.05, 4.69) is 32.0 Å². The molecule has 3 rings (SSSR count). The van der Waals surface area contributed by atoms with E-state index in [9.17, 15) is 4.79 Å². The number of guanidine groups is 1. The van der Waals surface area contributed by atoms with Gasteiger partial charge in [-0.15, -0.1) is 35.3 Å². The topological polar surface area (TPSA) is 81.7 Å². The number of aliphatic imine (C=N–C) groups is 1. The lowest BCUT2D eigenvalue weighted by Crippen LogP contribution is -2.40. The number of thiazole rings is 1. The first-order valence-corrected chi connectivity index (χ1v) is 9.97. The third kappa shape index (κ3) is 5.81. The van der Waals surface area contributed by atoms with Crippen LogP contribution in [0.3, 0.4) is 0 Å². The number of para-hydroxylation sites is 1. The zero-order chi connectivity index (χ0) is 19.2. The molecule has 1 aliphatic heterocycles. The van der Waals surface area contributed by atoms with Gasteiger partial charge in [-0.3, -0.25) is 4.79 Å². The van der Waals surface area contributed by atoms with Crippen molar-refractivity contribution in [3.63, 3.8) is 0 Å². The van der Waals surface area contributed by atoms with Gasteiger partial charge in [-0.25, -0.2) is 9.98 Å². The highest BCUT2D eigenvalue weighted by atomic mass is 127. The summed E-state index contributed by atoms with van der Waals surface area (Å²) in [7, 11) is 3.96. The molecule has 0 spiro atoms. The Kier molecular flexibility index (Phi) is 8.49. The predicted octanol–water partition coefficient (Wildman–Crippen LogP) is 3.01. The van der Waals surface area contributed by atoms with Crippen molar-refractivity contribution < 1.29 is 4.79 Å². The van der Waals surface area contributed by atoms with E-state index in [1.54, 1.807) is 11.3 Å². The molecular weight excluding hydrogens is 487 g/mol. The number of aromatic nitrogens is 1. The van der Waals surface area contributed by atoms with Crippen LogP contribution in [0.5, 0.6) is 0 Å². The van der Waals surface area contributed by atoms with Gasteiger partial charge < -0.3 is 20.9 Å². The smallest absolute Gasteiger partial charge is 0.225 e. The molecule has 3 N–H and O–H groups in total. The number of rotatable bonds is 6. The molecule has 0 bridgehead atoms. The number of carbonyl (C=O) groups excluding carboxylic acids is 1. The maximum absolute atomic E-state index is 12.0. The van der Waals surface area contributed by atoms with Gasteiger partial charge in [0, 0.05) is 50.6 Å². The summed E-state index contributed by atoms with van der Waals surface area (Å²) in [5, 5.41) is 12.6. The summed E-state index contributed by atoms with van der Waals surface area (Å²) in [4.78, 5) is 23.2. The van der Waals surface area contributed by atoms with Crippen LogP contribution >= 0.6 is 35.3 Å². The zero-order valence-electron chi connectivity index (χ0n) is 16.4. The molecule has 0 saturated heterocycles. The Hall–Kier alpha value is -1.88. The molecule has 1 atom stereocenters. The molecule has 1 aromatic heterocycles. The first-order chi connectivity index (χ1) is 13.1. The molecule has 2 aromatic rings. The molecule has 1 aromatic carbocycles. The predicted molar refractivity (Wildman–Crippen MR) is 127 cm³/mol. The summed E-state index contributed by atoms with van der Waals surface area (Å²) in [6.45, 7) is 3.97. The number of anilines is 2. The molecule has 0 saturated carbocycles. The Balaban J connectivity index is 0.00000280. The van der Waals surface area contributed by atoms with Crippen LogP contribution in [-0.4, -0.2) is 44.0 Å². The van der Waals surface area contributed by atoms with Crippen molar-refractivity contribution in [2.45, 2.75) is 25.8 Å². The van der Waals surface area contributed by atoms with Crippen LogP contribution in [0, 0.1) is 0 Å². The van der Waals surface area contributed by atoms with Crippen molar-refractivity contribution in [1.29, 1.82) is 0 Å². The minimum absolute atomic E-state index is 0. The van der Waals surface area contributed by atoms with Gasteiger partial charge in [-0.2, -0.15) is 0 Å². The standard InChI is InChI=1S/C19H26N6OS.HI/c1-4-20-18(22-11-14-12-27-19(23-14)25(2)3)21-10-13-9-17(26)24-16-8-6-5-7-15(13)16;/h5-8,12-13H,4,9-11H2,1-3H3,(H,24,26)(H2,20,21,22);1H. The van der Waals surface area contributed by atoms with Gasteiger partial charge >= 0.3 is 0 Å². The van der Waals surface area contributed by atoms with Crippen LogP contribution in [0.1, 0.15) is 30.5 Å². The third-order valence-electron chi connectivity index (χ3n) is 4.29. The number of carbonyl (C=O) groups is 1. The number of fused-ring (bicyclic) bond motifs is 1. The van der Waals surface area contributed by atoms with E-state index in [4.69, 9.17) is 0 Å². The fourth-order valence-corrected chi connectivity index (χ4v) is 3.73. The summed E-state index contributed by atoms with van der Waals surface area (Å²) < 4.78 is 0. The van der Waals surface area contributed by atoms with Crippen molar-refractivity contribution in [2.75, 3.05) is 37.4 Å². The number of nitrogens with one attached hydrogen (secondary N) is 3. The highest BCUT2D eigenvalue weighted by Crippen LogP contribution is 2.31. The molecule has 9 heteroatoms. The highest BCUT2D eigenvalue weighted by Gasteiger charge is 2.24. The molecular formula is C19H27IN6OS. The third-order valence-corrected chi connectivity index (χ3v) is 5.35. The van der Waals surface area contributed by atoms with Gasteiger partial charge in [0.15, 0.2) is 11.1 Å². The summed E-state index contributed by atoms with van der Waals surface area (Å²) in [5.41, 5.74) is 3.01. The van der Waals surface area contributed by atoms with Crippen molar-refractivity contribution in [3.05, 3.63) is 40.9 Å².